The molecule has 0 atom stereocenters. The van der Waals surface area contributed by atoms with Crippen molar-refractivity contribution in [3.8, 4) is 11.5 Å². The van der Waals surface area contributed by atoms with Gasteiger partial charge in [0, 0.05) is 22.7 Å². The van der Waals surface area contributed by atoms with Crippen molar-refractivity contribution in [2.45, 2.75) is 66.1 Å². The van der Waals surface area contributed by atoms with Crippen LogP contribution in [0.5, 0.6) is 11.5 Å². The number of carbonyl (C=O) groups is 4. The SMILES string of the molecule is CCS(=O)(=O)Nc1cc(COc2c(Br)cc(NC(=O)CC(=O)O)cc2Br)cc(C(F)(F)F)c1.CCS(=O)(=O)Nc1cc(COc2c(C)cc(NC(=O)CC(=O)O)cc2C)cc(C(F)(F)F)c1. The average Bonchev–Trinajstić information content (AvgIpc) is 3.15. The number of hydrogen-bond donors (Lipinski definition) is 6. The fourth-order valence-corrected chi connectivity index (χ4v) is 8.17. The molecular weight excluding hydrogens is 1070 g/mol. The Bertz CT molecular complexity index is 2470. The second kappa shape index (κ2) is 22.7. The van der Waals surface area contributed by atoms with Gasteiger partial charge < -0.3 is 30.3 Å². The Kier molecular flexibility index (Phi) is 18.9. The van der Waals surface area contributed by atoms with Gasteiger partial charge in [0.25, 0.3) is 0 Å². The fourth-order valence-electron chi connectivity index (χ4n) is 5.52. The summed E-state index contributed by atoms with van der Waals surface area (Å²) in [5.41, 5.74) is -0.697. The minimum atomic E-state index is -4.71. The lowest BCUT2D eigenvalue weighted by molar-refractivity contribution is -0.141. The molecule has 4 aromatic rings. The summed E-state index contributed by atoms with van der Waals surface area (Å²) in [6.45, 7) is 5.40. The molecule has 0 aliphatic heterocycles. The average molecular weight is 1110 g/mol. The molecule has 4 aromatic carbocycles. The van der Waals surface area contributed by atoms with Gasteiger partial charge in [0.15, 0.2) is 0 Å². The Hall–Kier alpha value is -5.60. The number of hydrogen-bond acceptors (Lipinski definition) is 10. The number of benzene rings is 4. The van der Waals surface area contributed by atoms with Gasteiger partial charge in [-0.05, 0) is 142 Å². The van der Waals surface area contributed by atoms with Crippen LogP contribution in [-0.4, -0.2) is 62.3 Å². The predicted molar refractivity (Wildman–Crippen MR) is 237 cm³/mol. The highest BCUT2D eigenvalue weighted by atomic mass is 79.9. The third-order valence-corrected chi connectivity index (χ3v) is 12.2. The van der Waals surface area contributed by atoms with Gasteiger partial charge in [-0.15, -0.1) is 0 Å². The van der Waals surface area contributed by atoms with E-state index in [2.05, 4.69) is 51.9 Å². The second-order valence-electron chi connectivity index (χ2n) is 13.9. The molecule has 0 spiro atoms. The van der Waals surface area contributed by atoms with Crippen molar-refractivity contribution in [3.05, 3.63) is 103 Å². The maximum atomic E-state index is 13.3. The molecule has 4 rings (SSSR count). The number of nitrogens with one attached hydrogen (secondary N) is 4. The number of sulfonamides is 2. The molecule has 66 heavy (non-hydrogen) atoms. The largest absolute Gasteiger partial charge is 0.488 e. The minimum absolute atomic E-state index is 0.0521. The summed E-state index contributed by atoms with van der Waals surface area (Å²) >= 11 is 6.46. The Balaban J connectivity index is 0.000000350. The van der Waals surface area contributed by atoms with Crippen molar-refractivity contribution in [2.24, 2.45) is 0 Å². The zero-order valence-electron chi connectivity index (χ0n) is 34.8. The molecule has 0 heterocycles. The van der Waals surface area contributed by atoms with E-state index in [1.165, 1.54) is 50.2 Å². The third-order valence-electron chi connectivity index (χ3n) is 8.36. The zero-order valence-corrected chi connectivity index (χ0v) is 39.6. The van der Waals surface area contributed by atoms with Crippen LogP contribution < -0.4 is 29.6 Å². The zero-order chi connectivity index (χ0) is 49.9. The quantitative estimate of drug-likeness (QED) is 0.0404. The second-order valence-corrected chi connectivity index (χ2v) is 19.6. The molecule has 0 saturated heterocycles. The molecule has 6 N–H and O–H groups in total. The molecule has 360 valence electrons. The molecule has 0 bridgehead atoms. The first-order chi connectivity index (χ1) is 30.4. The van der Waals surface area contributed by atoms with E-state index in [1.54, 1.807) is 13.8 Å². The summed E-state index contributed by atoms with van der Waals surface area (Å²) in [6, 6.07) is 11.5. The van der Waals surface area contributed by atoms with Crippen LogP contribution in [0.3, 0.4) is 0 Å². The van der Waals surface area contributed by atoms with E-state index < -0.39 is 80.1 Å². The molecule has 0 fully saturated rings. The van der Waals surface area contributed by atoms with Crippen molar-refractivity contribution in [3.63, 3.8) is 0 Å². The van der Waals surface area contributed by atoms with Crippen LogP contribution in [0, 0.1) is 13.8 Å². The van der Waals surface area contributed by atoms with Gasteiger partial charge in [0.05, 0.1) is 31.6 Å². The molecular formula is C40H40Br2F6N4O12S2. The molecule has 0 unspecified atom stereocenters. The van der Waals surface area contributed by atoms with Gasteiger partial charge in [-0.2, -0.15) is 26.3 Å². The molecule has 0 aliphatic rings. The van der Waals surface area contributed by atoms with Crippen LogP contribution in [0.15, 0.2) is 69.6 Å². The van der Waals surface area contributed by atoms with E-state index in [1.807, 2.05) is 0 Å². The molecule has 0 saturated carbocycles. The fraction of sp³-hybridized carbons (Fsp3) is 0.300. The number of rotatable bonds is 18. The highest BCUT2D eigenvalue weighted by molar-refractivity contribution is 9.11. The summed E-state index contributed by atoms with van der Waals surface area (Å²) in [4.78, 5) is 44.5. The number of anilines is 4. The van der Waals surface area contributed by atoms with E-state index in [0.717, 1.165) is 12.1 Å². The number of carboxylic acid groups (broad SMARTS) is 2. The lowest BCUT2D eigenvalue weighted by Gasteiger charge is -2.17. The molecule has 16 nitrogen and oxygen atoms in total. The van der Waals surface area contributed by atoms with Gasteiger partial charge in [-0.3, -0.25) is 28.6 Å². The highest BCUT2D eigenvalue weighted by Crippen LogP contribution is 2.39. The van der Waals surface area contributed by atoms with E-state index in [4.69, 9.17) is 19.7 Å². The Morgan fingerprint density at radius 2 is 0.909 bits per heavy atom. The topological polar surface area (TPSA) is 244 Å². The minimum Gasteiger partial charge on any atom is -0.488 e. The molecule has 0 aliphatic carbocycles. The Labute approximate surface area is 390 Å². The van der Waals surface area contributed by atoms with E-state index in [9.17, 15) is 62.4 Å². The third kappa shape index (κ3) is 17.7. The normalized spacial score (nSPS) is 11.7. The maximum Gasteiger partial charge on any atom is 0.416 e. The molecule has 0 radical (unpaired) electrons. The van der Waals surface area contributed by atoms with Crippen LogP contribution in [-0.2, 0) is 64.8 Å². The van der Waals surface area contributed by atoms with Crippen LogP contribution in [0.25, 0.3) is 0 Å². The van der Waals surface area contributed by atoms with Gasteiger partial charge in [-0.25, -0.2) is 16.8 Å². The number of halogens is 8. The van der Waals surface area contributed by atoms with E-state index >= 15 is 0 Å². The summed E-state index contributed by atoms with van der Waals surface area (Å²) < 4.78 is 143. The van der Waals surface area contributed by atoms with Crippen molar-refractivity contribution < 1.29 is 82.0 Å². The van der Waals surface area contributed by atoms with Crippen LogP contribution in [0.1, 0.15) is 60.1 Å². The van der Waals surface area contributed by atoms with Crippen molar-refractivity contribution >= 4 is 98.4 Å². The number of aliphatic carboxylic acids is 2. The van der Waals surface area contributed by atoms with Crippen molar-refractivity contribution in [1.29, 1.82) is 0 Å². The standard InChI is InChI=1S/C21H23F3N2O6S.C19H17Br2F3N2O6S/c1-4-33(30,31)26-17-8-14(7-15(9-17)21(22,23)24)11-32-20-12(2)5-16(6-13(20)3)25-18(27)10-19(28)29;1-2-33(30,31)26-13-4-10(3-11(5-13)19(22,23)24)9-32-18-14(20)6-12(7-15(18)21)25-16(27)8-17(28)29/h5-9,26H,4,10-11H2,1-3H3,(H,25,27)(H,28,29);3-7,26H,2,8-9H2,1H3,(H,25,27)(H,28,29). The number of carboxylic acids is 2. The van der Waals surface area contributed by atoms with E-state index in [-0.39, 0.29) is 58.7 Å². The number of amides is 2. The Morgan fingerprint density at radius 1 is 0.561 bits per heavy atom. The number of ether oxygens (including phenoxy) is 2. The summed E-state index contributed by atoms with van der Waals surface area (Å²) in [5.74, 6) is -4.09. The summed E-state index contributed by atoms with van der Waals surface area (Å²) in [5, 5.41) is 22.2. The first kappa shape index (κ1) is 54.7. The predicted octanol–water partition coefficient (Wildman–Crippen LogP) is 9.06. The Morgan fingerprint density at radius 3 is 1.24 bits per heavy atom. The first-order valence-electron chi connectivity index (χ1n) is 18.7. The number of carbonyl (C=O) groups excluding carboxylic acids is 2. The lowest BCUT2D eigenvalue weighted by atomic mass is 10.1. The van der Waals surface area contributed by atoms with Gasteiger partial charge >= 0.3 is 24.3 Å². The van der Waals surface area contributed by atoms with E-state index in [0.29, 0.717) is 43.6 Å². The smallest absolute Gasteiger partial charge is 0.416 e. The van der Waals surface area contributed by atoms with Gasteiger partial charge in [-0.1, -0.05) is 0 Å². The van der Waals surface area contributed by atoms with Gasteiger partial charge in [0.2, 0.25) is 31.9 Å². The van der Waals surface area contributed by atoms with Gasteiger partial charge in [0.1, 0.15) is 37.6 Å². The van der Waals surface area contributed by atoms with Crippen molar-refractivity contribution in [1.82, 2.24) is 0 Å². The molecule has 0 aromatic heterocycles. The highest BCUT2D eigenvalue weighted by Gasteiger charge is 2.33. The monoisotopic (exact) mass is 1100 g/mol. The molecule has 2 amide bonds. The summed E-state index contributed by atoms with van der Waals surface area (Å²) in [7, 11) is -7.58. The first-order valence-corrected chi connectivity index (χ1v) is 23.6. The summed E-state index contributed by atoms with van der Waals surface area (Å²) in [6.07, 6.45) is -10.8. The number of alkyl halides is 6. The van der Waals surface area contributed by atoms with Crippen molar-refractivity contribution in [2.75, 3.05) is 31.6 Å². The number of aryl methyl sites for hydroxylation is 2. The maximum absolute atomic E-state index is 13.3. The van der Waals surface area contributed by atoms with Crippen LogP contribution in [0.2, 0.25) is 0 Å². The molecule has 26 heteroatoms. The lowest BCUT2D eigenvalue weighted by Crippen LogP contribution is -2.16. The van der Waals surface area contributed by atoms with Crippen LogP contribution >= 0.6 is 31.9 Å². The van der Waals surface area contributed by atoms with Crippen LogP contribution in [0.4, 0.5) is 49.1 Å².